The number of carbonyl (C=O) groups is 1. The van der Waals surface area contributed by atoms with Crippen LogP contribution in [0.3, 0.4) is 0 Å². The molecule has 2 aromatic rings. The predicted molar refractivity (Wildman–Crippen MR) is 96.5 cm³/mol. The monoisotopic (exact) mass is 355 g/mol. The Bertz CT molecular complexity index is 755. The van der Waals surface area contributed by atoms with E-state index in [2.05, 4.69) is 32.3 Å². The standard InChI is InChI=1S/C19H25N5O2/c1-13(18-23-22-17-8-5-9-24(17)18)20-15-10-16(11-15)21-19(25)26-12-14-6-3-2-4-7-14/h2-4,6-7,13,15-16,20H,5,8-12H2,1H3,(H,21,25). The summed E-state index contributed by atoms with van der Waals surface area (Å²) < 4.78 is 7.50. The SMILES string of the molecule is CC(NC1CC(NC(=O)OCc2ccccc2)C1)c1nnc2n1CCC2. The lowest BCUT2D eigenvalue weighted by molar-refractivity contribution is 0.124. The highest BCUT2D eigenvalue weighted by atomic mass is 16.5. The molecule has 2 aliphatic rings. The van der Waals surface area contributed by atoms with Crippen molar-refractivity contribution in [1.82, 2.24) is 25.4 Å². The number of benzene rings is 1. The minimum absolute atomic E-state index is 0.172. The molecule has 7 heteroatoms. The van der Waals surface area contributed by atoms with Gasteiger partial charge in [-0.25, -0.2) is 4.79 Å². The van der Waals surface area contributed by atoms with Gasteiger partial charge in [0.05, 0.1) is 6.04 Å². The van der Waals surface area contributed by atoms with Crippen LogP contribution in [0.4, 0.5) is 4.79 Å². The largest absolute Gasteiger partial charge is 0.445 e. The van der Waals surface area contributed by atoms with Crippen molar-refractivity contribution in [2.24, 2.45) is 0 Å². The van der Waals surface area contributed by atoms with E-state index in [4.69, 9.17) is 4.74 Å². The van der Waals surface area contributed by atoms with E-state index in [-0.39, 0.29) is 18.2 Å². The van der Waals surface area contributed by atoms with Crippen LogP contribution in [0.2, 0.25) is 0 Å². The summed E-state index contributed by atoms with van der Waals surface area (Å²) in [6.07, 6.45) is 3.66. The van der Waals surface area contributed by atoms with E-state index in [0.29, 0.717) is 12.6 Å². The maximum absolute atomic E-state index is 11.9. The Balaban J connectivity index is 1.17. The molecule has 2 heterocycles. The van der Waals surface area contributed by atoms with Crippen LogP contribution in [0.1, 0.15) is 49.4 Å². The van der Waals surface area contributed by atoms with Crippen LogP contribution in [-0.4, -0.2) is 32.9 Å². The van der Waals surface area contributed by atoms with Crippen molar-refractivity contribution < 1.29 is 9.53 Å². The maximum Gasteiger partial charge on any atom is 0.407 e. The smallest absolute Gasteiger partial charge is 0.407 e. The number of amides is 1. The first-order chi connectivity index (χ1) is 12.7. The molecule has 1 amide bonds. The molecule has 1 saturated carbocycles. The van der Waals surface area contributed by atoms with Crippen LogP contribution in [0.15, 0.2) is 30.3 Å². The summed E-state index contributed by atoms with van der Waals surface area (Å²) in [6, 6.07) is 10.4. The number of hydrogen-bond donors (Lipinski definition) is 2. The molecule has 1 aromatic carbocycles. The zero-order chi connectivity index (χ0) is 17.9. The number of hydrogen-bond acceptors (Lipinski definition) is 5. The van der Waals surface area contributed by atoms with Gasteiger partial charge in [-0.2, -0.15) is 0 Å². The Hall–Kier alpha value is -2.41. The second-order valence-electron chi connectivity index (χ2n) is 7.19. The lowest BCUT2D eigenvalue weighted by Gasteiger charge is -2.37. The zero-order valence-electron chi connectivity index (χ0n) is 15.0. The summed E-state index contributed by atoms with van der Waals surface area (Å²) in [5.41, 5.74) is 0.991. The van der Waals surface area contributed by atoms with Crippen molar-refractivity contribution in [2.45, 2.75) is 63.9 Å². The van der Waals surface area contributed by atoms with E-state index < -0.39 is 0 Å². The maximum atomic E-state index is 11.9. The lowest BCUT2D eigenvalue weighted by Crippen LogP contribution is -2.53. The third-order valence-electron chi connectivity index (χ3n) is 5.18. The molecule has 1 aliphatic carbocycles. The van der Waals surface area contributed by atoms with E-state index in [0.717, 1.165) is 49.4 Å². The molecule has 4 rings (SSSR count). The quantitative estimate of drug-likeness (QED) is 0.831. The lowest BCUT2D eigenvalue weighted by atomic mass is 9.86. The predicted octanol–water partition coefficient (Wildman–Crippen LogP) is 2.33. The number of alkyl carbamates (subject to hydrolysis) is 1. The fourth-order valence-corrected chi connectivity index (χ4v) is 3.72. The van der Waals surface area contributed by atoms with Crippen molar-refractivity contribution in [3.05, 3.63) is 47.5 Å². The van der Waals surface area contributed by atoms with Crippen molar-refractivity contribution in [1.29, 1.82) is 0 Å². The van der Waals surface area contributed by atoms with E-state index in [1.807, 2.05) is 30.3 Å². The second kappa shape index (κ2) is 7.45. The highest BCUT2D eigenvalue weighted by molar-refractivity contribution is 5.67. The average Bonchev–Trinajstić information content (AvgIpc) is 3.22. The number of nitrogens with one attached hydrogen (secondary N) is 2. The normalized spacial score (nSPS) is 22.3. The van der Waals surface area contributed by atoms with Gasteiger partial charge in [0.1, 0.15) is 18.3 Å². The molecule has 1 fully saturated rings. The summed E-state index contributed by atoms with van der Waals surface area (Å²) in [5.74, 6) is 2.12. The molecule has 0 spiro atoms. The highest BCUT2D eigenvalue weighted by Crippen LogP contribution is 2.25. The number of ether oxygens (including phenoxy) is 1. The summed E-state index contributed by atoms with van der Waals surface area (Å²) in [4.78, 5) is 11.9. The molecule has 1 atom stereocenters. The second-order valence-corrected chi connectivity index (χ2v) is 7.19. The van der Waals surface area contributed by atoms with Gasteiger partial charge < -0.3 is 19.9 Å². The summed E-state index contributed by atoms with van der Waals surface area (Å²) in [6.45, 7) is 3.45. The van der Waals surface area contributed by atoms with Crippen LogP contribution in [0.5, 0.6) is 0 Å². The Labute approximate surface area is 153 Å². The fraction of sp³-hybridized carbons (Fsp3) is 0.526. The molecule has 1 aliphatic heterocycles. The van der Waals surface area contributed by atoms with E-state index in [1.165, 1.54) is 0 Å². The molecule has 0 saturated heterocycles. The van der Waals surface area contributed by atoms with Gasteiger partial charge in [-0.05, 0) is 31.7 Å². The molecule has 7 nitrogen and oxygen atoms in total. The first kappa shape index (κ1) is 17.0. The molecular weight excluding hydrogens is 330 g/mol. The Morgan fingerprint density at radius 2 is 2.08 bits per heavy atom. The van der Waals surface area contributed by atoms with Gasteiger partial charge >= 0.3 is 6.09 Å². The number of fused-ring (bicyclic) bond motifs is 1. The molecule has 0 radical (unpaired) electrons. The molecule has 1 unspecified atom stereocenters. The molecular formula is C19H25N5O2. The van der Waals surface area contributed by atoms with Crippen LogP contribution < -0.4 is 10.6 Å². The van der Waals surface area contributed by atoms with Crippen LogP contribution >= 0.6 is 0 Å². The third-order valence-corrected chi connectivity index (χ3v) is 5.18. The number of aromatic nitrogens is 3. The van der Waals surface area contributed by atoms with Crippen molar-refractivity contribution in [3.8, 4) is 0 Å². The highest BCUT2D eigenvalue weighted by Gasteiger charge is 2.33. The molecule has 1 aromatic heterocycles. The third kappa shape index (κ3) is 3.72. The summed E-state index contributed by atoms with van der Waals surface area (Å²) in [7, 11) is 0. The molecule has 26 heavy (non-hydrogen) atoms. The first-order valence-corrected chi connectivity index (χ1v) is 9.34. The van der Waals surface area contributed by atoms with E-state index in [9.17, 15) is 4.79 Å². The van der Waals surface area contributed by atoms with Crippen molar-refractivity contribution >= 4 is 6.09 Å². The van der Waals surface area contributed by atoms with Gasteiger partial charge in [0, 0.05) is 25.0 Å². The number of rotatable bonds is 6. The molecule has 0 bridgehead atoms. The van der Waals surface area contributed by atoms with Gasteiger partial charge in [0.25, 0.3) is 0 Å². The summed E-state index contributed by atoms with van der Waals surface area (Å²) >= 11 is 0. The minimum Gasteiger partial charge on any atom is -0.445 e. The minimum atomic E-state index is -0.347. The average molecular weight is 355 g/mol. The van der Waals surface area contributed by atoms with Crippen LogP contribution in [0.25, 0.3) is 0 Å². The number of nitrogens with zero attached hydrogens (tertiary/aromatic N) is 3. The van der Waals surface area contributed by atoms with E-state index in [1.54, 1.807) is 0 Å². The number of carbonyl (C=O) groups excluding carboxylic acids is 1. The van der Waals surface area contributed by atoms with Gasteiger partial charge in [-0.3, -0.25) is 0 Å². The zero-order valence-corrected chi connectivity index (χ0v) is 15.0. The number of aryl methyl sites for hydroxylation is 1. The van der Waals surface area contributed by atoms with Crippen LogP contribution in [-0.2, 0) is 24.3 Å². The summed E-state index contributed by atoms with van der Waals surface area (Å²) in [5, 5.41) is 15.1. The van der Waals surface area contributed by atoms with Crippen molar-refractivity contribution in [2.75, 3.05) is 0 Å². The van der Waals surface area contributed by atoms with Gasteiger partial charge in [0.2, 0.25) is 0 Å². The topological polar surface area (TPSA) is 81.1 Å². The molecule has 2 N–H and O–H groups in total. The molecule has 138 valence electrons. The van der Waals surface area contributed by atoms with Gasteiger partial charge in [-0.15, -0.1) is 10.2 Å². The van der Waals surface area contributed by atoms with Gasteiger partial charge in [-0.1, -0.05) is 30.3 Å². The van der Waals surface area contributed by atoms with E-state index >= 15 is 0 Å². The van der Waals surface area contributed by atoms with Crippen molar-refractivity contribution in [3.63, 3.8) is 0 Å². The Kier molecular flexibility index (Phi) is 4.88. The Morgan fingerprint density at radius 1 is 1.27 bits per heavy atom. The van der Waals surface area contributed by atoms with Gasteiger partial charge in [0.15, 0.2) is 0 Å². The van der Waals surface area contributed by atoms with Crippen LogP contribution in [0, 0.1) is 0 Å². The fourth-order valence-electron chi connectivity index (χ4n) is 3.72. The Morgan fingerprint density at radius 3 is 2.88 bits per heavy atom. The first-order valence-electron chi connectivity index (χ1n) is 9.34.